The number of carbonyl (C=O) groups is 1. The molecule has 2 saturated carbocycles. The van der Waals surface area contributed by atoms with Crippen LogP contribution >= 0.6 is 0 Å². The molecular formula is C16H28N2O2. The number of carboxylic acid groups (broad SMARTS) is 1. The summed E-state index contributed by atoms with van der Waals surface area (Å²) in [5, 5.41) is 13.0. The first-order valence-electron chi connectivity index (χ1n) is 8.33. The van der Waals surface area contributed by atoms with E-state index in [4.69, 9.17) is 0 Å². The monoisotopic (exact) mass is 280 g/mol. The first-order chi connectivity index (χ1) is 9.63. The molecule has 0 spiro atoms. The number of carboxylic acids is 1. The van der Waals surface area contributed by atoms with Crippen molar-refractivity contribution in [2.45, 2.75) is 57.5 Å². The summed E-state index contributed by atoms with van der Waals surface area (Å²) in [6, 6.07) is 0.920. The second-order valence-corrected chi connectivity index (χ2v) is 7.20. The van der Waals surface area contributed by atoms with Crippen LogP contribution in [0.4, 0.5) is 0 Å². The van der Waals surface area contributed by atoms with Gasteiger partial charge in [-0.3, -0.25) is 9.69 Å². The number of nitrogens with zero attached hydrogens (tertiary/aromatic N) is 1. The van der Waals surface area contributed by atoms with E-state index in [1.165, 1.54) is 32.1 Å². The summed E-state index contributed by atoms with van der Waals surface area (Å²) in [6.45, 7) is 5.16. The van der Waals surface area contributed by atoms with Gasteiger partial charge in [0, 0.05) is 25.2 Å². The average Bonchev–Trinajstić information content (AvgIpc) is 3.17. The third-order valence-electron chi connectivity index (χ3n) is 5.63. The Kier molecular flexibility index (Phi) is 4.32. The molecule has 2 aliphatic carbocycles. The van der Waals surface area contributed by atoms with Gasteiger partial charge in [0.1, 0.15) is 0 Å². The number of hydrogen-bond acceptors (Lipinski definition) is 3. The topological polar surface area (TPSA) is 52.6 Å². The van der Waals surface area contributed by atoms with Crippen LogP contribution < -0.4 is 5.32 Å². The van der Waals surface area contributed by atoms with Gasteiger partial charge in [0.2, 0.25) is 0 Å². The molecule has 0 radical (unpaired) electrons. The van der Waals surface area contributed by atoms with E-state index in [-0.39, 0.29) is 5.92 Å². The molecule has 20 heavy (non-hydrogen) atoms. The van der Waals surface area contributed by atoms with Gasteiger partial charge < -0.3 is 10.4 Å². The second kappa shape index (κ2) is 6.02. The lowest BCUT2D eigenvalue weighted by Gasteiger charge is -2.45. The van der Waals surface area contributed by atoms with Gasteiger partial charge in [-0.2, -0.15) is 0 Å². The van der Waals surface area contributed by atoms with E-state index in [0.29, 0.717) is 12.1 Å². The standard InChI is InChI=1S/C16H28N2O2/c1-11(13-3-2-4-13)18-9-14(16(19)20)7-15(10-18)17-8-12-5-6-12/h11-15,17H,2-10H2,1H3,(H,19,20). The van der Waals surface area contributed by atoms with Gasteiger partial charge in [0.05, 0.1) is 5.92 Å². The predicted molar refractivity (Wildman–Crippen MR) is 78.6 cm³/mol. The third kappa shape index (κ3) is 3.34. The van der Waals surface area contributed by atoms with Gasteiger partial charge in [-0.1, -0.05) is 6.42 Å². The quantitative estimate of drug-likeness (QED) is 0.781. The summed E-state index contributed by atoms with van der Waals surface area (Å²) >= 11 is 0. The van der Waals surface area contributed by atoms with Crippen molar-refractivity contribution in [1.82, 2.24) is 10.2 Å². The van der Waals surface area contributed by atoms with E-state index in [1.807, 2.05) is 0 Å². The number of piperidine rings is 1. The zero-order valence-electron chi connectivity index (χ0n) is 12.6. The summed E-state index contributed by atoms with van der Waals surface area (Å²) in [4.78, 5) is 13.9. The minimum atomic E-state index is -0.617. The van der Waals surface area contributed by atoms with Gasteiger partial charge in [0.25, 0.3) is 0 Å². The highest BCUT2D eigenvalue weighted by atomic mass is 16.4. The van der Waals surface area contributed by atoms with Crippen LogP contribution in [0.15, 0.2) is 0 Å². The fourth-order valence-corrected chi connectivity index (χ4v) is 3.67. The molecule has 4 nitrogen and oxygen atoms in total. The van der Waals surface area contributed by atoms with Gasteiger partial charge >= 0.3 is 5.97 Å². The van der Waals surface area contributed by atoms with Gasteiger partial charge in [-0.25, -0.2) is 0 Å². The Labute approximate surface area is 121 Å². The lowest BCUT2D eigenvalue weighted by Crippen LogP contribution is -2.55. The van der Waals surface area contributed by atoms with Crippen LogP contribution in [0.25, 0.3) is 0 Å². The van der Waals surface area contributed by atoms with Crippen LogP contribution in [-0.4, -0.2) is 47.7 Å². The molecule has 0 bridgehead atoms. The molecule has 1 heterocycles. The van der Waals surface area contributed by atoms with E-state index >= 15 is 0 Å². The first-order valence-corrected chi connectivity index (χ1v) is 8.33. The molecule has 3 atom stereocenters. The Morgan fingerprint density at radius 2 is 2.05 bits per heavy atom. The van der Waals surface area contributed by atoms with Crippen molar-refractivity contribution in [3.05, 3.63) is 0 Å². The number of aliphatic carboxylic acids is 1. The van der Waals surface area contributed by atoms with Crippen LogP contribution in [0.5, 0.6) is 0 Å². The van der Waals surface area contributed by atoms with Crippen LogP contribution in [-0.2, 0) is 4.79 Å². The Hall–Kier alpha value is -0.610. The van der Waals surface area contributed by atoms with Crippen molar-refractivity contribution < 1.29 is 9.90 Å². The van der Waals surface area contributed by atoms with Crippen molar-refractivity contribution in [3.8, 4) is 0 Å². The minimum Gasteiger partial charge on any atom is -0.481 e. The molecule has 0 aromatic carbocycles. The first kappa shape index (κ1) is 14.3. The van der Waals surface area contributed by atoms with Crippen LogP contribution in [0.2, 0.25) is 0 Å². The molecule has 1 saturated heterocycles. The van der Waals surface area contributed by atoms with Crippen molar-refractivity contribution in [1.29, 1.82) is 0 Å². The number of likely N-dealkylation sites (tertiary alicyclic amines) is 1. The number of nitrogens with one attached hydrogen (secondary N) is 1. The summed E-state index contributed by atoms with van der Waals surface area (Å²) in [5.41, 5.74) is 0. The molecule has 0 amide bonds. The summed E-state index contributed by atoms with van der Waals surface area (Å²) in [6.07, 6.45) is 7.52. The van der Waals surface area contributed by atoms with Gasteiger partial charge in [-0.05, 0) is 57.4 Å². The smallest absolute Gasteiger partial charge is 0.307 e. The van der Waals surface area contributed by atoms with Crippen molar-refractivity contribution in [2.24, 2.45) is 17.8 Å². The van der Waals surface area contributed by atoms with E-state index in [0.717, 1.165) is 37.9 Å². The molecule has 3 unspecified atom stereocenters. The zero-order chi connectivity index (χ0) is 14.1. The maximum Gasteiger partial charge on any atom is 0.307 e. The van der Waals surface area contributed by atoms with E-state index in [2.05, 4.69) is 17.1 Å². The SMILES string of the molecule is CC(C1CCC1)N1CC(NCC2CC2)CC(C(=O)O)C1. The number of hydrogen-bond donors (Lipinski definition) is 2. The minimum absolute atomic E-state index is 0.192. The van der Waals surface area contributed by atoms with E-state index < -0.39 is 5.97 Å². The van der Waals surface area contributed by atoms with Crippen molar-refractivity contribution >= 4 is 5.97 Å². The molecule has 0 aromatic heterocycles. The highest BCUT2D eigenvalue weighted by molar-refractivity contribution is 5.70. The van der Waals surface area contributed by atoms with Gasteiger partial charge in [-0.15, -0.1) is 0 Å². The summed E-state index contributed by atoms with van der Waals surface area (Å²) in [7, 11) is 0. The molecule has 2 N–H and O–H groups in total. The summed E-state index contributed by atoms with van der Waals surface area (Å²) < 4.78 is 0. The fraction of sp³-hybridized carbons (Fsp3) is 0.938. The van der Waals surface area contributed by atoms with E-state index in [1.54, 1.807) is 0 Å². The predicted octanol–water partition coefficient (Wildman–Crippen LogP) is 1.95. The Morgan fingerprint density at radius 1 is 1.30 bits per heavy atom. The van der Waals surface area contributed by atoms with E-state index in [9.17, 15) is 9.90 Å². The molecule has 1 aliphatic heterocycles. The molecule has 3 aliphatic rings. The molecule has 4 heteroatoms. The van der Waals surface area contributed by atoms with Gasteiger partial charge in [0.15, 0.2) is 0 Å². The number of rotatable bonds is 6. The molecule has 3 fully saturated rings. The molecule has 3 rings (SSSR count). The Morgan fingerprint density at radius 3 is 2.60 bits per heavy atom. The fourth-order valence-electron chi connectivity index (χ4n) is 3.67. The maximum absolute atomic E-state index is 11.4. The summed E-state index contributed by atoms with van der Waals surface area (Å²) in [5.74, 6) is 0.848. The van der Waals surface area contributed by atoms with Crippen LogP contribution in [0, 0.1) is 17.8 Å². The molecular weight excluding hydrogens is 252 g/mol. The Bertz CT molecular complexity index is 352. The lowest BCUT2D eigenvalue weighted by atomic mass is 9.78. The largest absolute Gasteiger partial charge is 0.481 e. The normalized spacial score (nSPS) is 33.6. The highest BCUT2D eigenvalue weighted by Gasteiger charge is 2.37. The van der Waals surface area contributed by atoms with Crippen LogP contribution in [0.1, 0.15) is 45.4 Å². The van der Waals surface area contributed by atoms with Crippen LogP contribution in [0.3, 0.4) is 0 Å². The zero-order valence-corrected chi connectivity index (χ0v) is 12.6. The Balaban J connectivity index is 1.57. The molecule has 0 aromatic rings. The highest BCUT2D eigenvalue weighted by Crippen LogP contribution is 2.34. The van der Waals surface area contributed by atoms with Crippen molar-refractivity contribution in [2.75, 3.05) is 19.6 Å². The lowest BCUT2D eigenvalue weighted by molar-refractivity contribution is -0.144. The molecule has 114 valence electrons. The average molecular weight is 280 g/mol. The second-order valence-electron chi connectivity index (χ2n) is 7.20. The maximum atomic E-state index is 11.4. The van der Waals surface area contributed by atoms with Crippen molar-refractivity contribution in [3.63, 3.8) is 0 Å². The third-order valence-corrected chi connectivity index (χ3v) is 5.63.